The van der Waals surface area contributed by atoms with Gasteiger partial charge >= 0.3 is 0 Å². The van der Waals surface area contributed by atoms with Gasteiger partial charge in [0.1, 0.15) is 6.10 Å². The third kappa shape index (κ3) is 3.07. The van der Waals surface area contributed by atoms with Crippen molar-refractivity contribution >= 4 is 11.5 Å². The molecule has 0 bridgehead atoms. The molecule has 0 radical (unpaired) electrons. The molecule has 0 unspecified atom stereocenters. The van der Waals surface area contributed by atoms with Crippen LogP contribution in [0.15, 0.2) is 12.1 Å². The molecule has 98 valence electrons. The van der Waals surface area contributed by atoms with Crippen molar-refractivity contribution in [2.75, 3.05) is 5.43 Å². The number of hydrogen-bond donors (Lipinski definition) is 2. The number of hydrazine groups is 1. The Morgan fingerprint density at radius 2 is 2.11 bits per heavy atom. The van der Waals surface area contributed by atoms with E-state index in [0.29, 0.717) is 0 Å². The van der Waals surface area contributed by atoms with Crippen LogP contribution >= 0.6 is 0 Å². The van der Waals surface area contributed by atoms with E-state index >= 15 is 0 Å². The Kier molecular flexibility index (Phi) is 3.93. The number of nitrogen functional groups attached to an aromatic ring is 1. The van der Waals surface area contributed by atoms with Crippen LogP contribution in [0.2, 0.25) is 0 Å². The minimum absolute atomic E-state index is 0.0799. The molecule has 0 aromatic carbocycles. The molecular weight excluding hydrogens is 236 g/mol. The number of nitrogens with zero attached hydrogens (tertiary/aromatic N) is 2. The zero-order valence-corrected chi connectivity index (χ0v) is 9.96. The third-order valence-electron chi connectivity index (χ3n) is 2.98. The van der Waals surface area contributed by atoms with Gasteiger partial charge in [0.15, 0.2) is 5.82 Å². The van der Waals surface area contributed by atoms with E-state index in [0.717, 1.165) is 25.7 Å². The Bertz CT molecular complexity index is 432. The highest BCUT2D eigenvalue weighted by atomic mass is 16.6. The van der Waals surface area contributed by atoms with Crippen molar-refractivity contribution in [2.45, 2.75) is 38.2 Å². The van der Waals surface area contributed by atoms with Gasteiger partial charge in [-0.05, 0) is 25.7 Å². The van der Waals surface area contributed by atoms with Crippen LogP contribution in [0.1, 0.15) is 32.1 Å². The average molecular weight is 252 g/mol. The van der Waals surface area contributed by atoms with E-state index in [1.54, 1.807) is 0 Å². The number of anilines is 1. The summed E-state index contributed by atoms with van der Waals surface area (Å²) in [6.45, 7) is 0. The van der Waals surface area contributed by atoms with Crippen molar-refractivity contribution in [3.05, 3.63) is 22.2 Å². The Labute approximate surface area is 104 Å². The quantitative estimate of drug-likeness (QED) is 0.482. The van der Waals surface area contributed by atoms with E-state index in [9.17, 15) is 10.1 Å². The number of nitrogens with two attached hydrogens (primary N) is 1. The largest absolute Gasteiger partial charge is 0.474 e. The molecule has 7 heteroatoms. The summed E-state index contributed by atoms with van der Waals surface area (Å²) in [5.41, 5.74) is 2.22. The second-order valence-electron chi connectivity index (χ2n) is 4.33. The molecule has 18 heavy (non-hydrogen) atoms. The zero-order chi connectivity index (χ0) is 13.0. The lowest BCUT2D eigenvalue weighted by molar-refractivity contribution is -0.384. The monoisotopic (exact) mass is 252 g/mol. The minimum Gasteiger partial charge on any atom is -0.474 e. The maximum absolute atomic E-state index is 10.8. The molecule has 1 aromatic rings. The highest BCUT2D eigenvalue weighted by molar-refractivity contribution is 5.47. The average Bonchev–Trinajstić information content (AvgIpc) is 2.39. The van der Waals surface area contributed by atoms with Gasteiger partial charge in [0, 0.05) is 0 Å². The summed E-state index contributed by atoms with van der Waals surface area (Å²) < 4.78 is 5.68. The molecule has 0 aliphatic heterocycles. The summed E-state index contributed by atoms with van der Waals surface area (Å²) in [6, 6.07) is 2.60. The van der Waals surface area contributed by atoms with Crippen LogP contribution in [0.5, 0.6) is 5.88 Å². The van der Waals surface area contributed by atoms with E-state index in [1.807, 2.05) is 0 Å². The fourth-order valence-corrected chi connectivity index (χ4v) is 2.08. The Morgan fingerprint density at radius 3 is 2.72 bits per heavy atom. The fraction of sp³-hybridized carbons (Fsp3) is 0.545. The molecule has 0 atom stereocenters. The maximum atomic E-state index is 10.8. The smallest absolute Gasteiger partial charge is 0.278 e. The number of pyridine rings is 1. The Morgan fingerprint density at radius 1 is 1.39 bits per heavy atom. The summed E-state index contributed by atoms with van der Waals surface area (Å²) >= 11 is 0. The predicted octanol–water partition coefficient (Wildman–Crippen LogP) is 1.99. The topological polar surface area (TPSA) is 103 Å². The lowest BCUT2D eigenvalue weighted by atomic mass is 9.98. The molecule has 3 N–H and O–H groups in total. The predicted molar refractivity (Wildman–Crippen MR) is 66.2 cm³/mol. The van der Waals surface area contributed by atoms with Crippen molar-refractivity contribution in [1.29, 1.82) is 0 Å². The van der Waals surface area contributed by atoms with Crippen molar-refractivity contribution in [3.63, 3.8) is 0 Å². The first-order valence-electron chi connectivity index (χ1n) is 5.99. The molecule has 1 aliphatic rings. The second-order valence-corrected chi connectivity index (χ2v) is 4.33. The van der Waals surface area contributed by atoms with E-state index in [4.69, 9.17) is 10.6 Å². The molecular formula is C11H16N4O3. The molecule has 0 saturated heterocycles. The molecule has 1 heterocycles. The summed E-state index contributed by atoms with van der Waals surface area (Å²) in [6.07, 6.45) is 5.51. The molecule has 0 amide bonds. The third-order valence-corrected chi connectivity index (χ3v) is 2.98. The van der Waals surface area contributed by atoms with Crippen LogP contribution in [0.3, 0.4) is 0 Å². The molecule has 1 aromatic heterocycles. The van der Waals surface area contributed by atoms with Gasteiger partial charge in [-0.25, -0.2) is 5.84 Å². The van der Waals surface area contributed by atoms with Gasteiger partial charge in [0.05, 0.1) is 17.1 Å². The van der Waals surface area contributed by atoms with E-state index in [-0.39, 0.29) is 23.5 Å². The Balaban J connectivity index is 2.15. The van der Waals surface area contributed by atoms with Crippen LogP contribution < -0.4 is 16.0 Å². The van der Waals surface area contributed by atoms with Crippen molar-refractivity contribution in [3.8, 4) is 5.88 Å². The van der Waals surface area contributed by atoms with E-state index in [1.165, 1.54) is 18.6 Å². The molecule has 1 aliphatic carbocycles. The van der Waals surface area contributed by atoms with E-state index in [2.05, 4.69) is 10.4 Å². The number of nitrogens with one attached hydrogen (secondary N) is 1. The summed E-state index contributed by atoms with van der Waals surface area (Å²) in [5.74, 6) is 5.72. The van der Waals surface area contributed by atoms with Gasteiger partial charge in [0.25, 0.3) is 5.69 Å². The van der Waals surface area contributed by atoms with Gasteiger partial charge in [-0.1, -0.05) is 6.42 Å². The fourth-order valence-electron chi connectivity index (χ4n) is 2.08. The number of rotatable bonds is 4. The highest BCUT2D eigenvalue weighted by Crippen LogP contribution is 2.26. The first-order valence-corrected chi connectivity index (χ1v) is 5.99. The van der Waals surface area contributed by atoms with Crippen LogP contribution in [-0.4, -0.2) is 16.0 Å². The van der Waals surface area contributed by atoms with Crippen molar-refractivity contribution in [1.82, 2.24) is 4.98 Å². The summed E-state index contributed by atoms with van der Waals surface area (Å²) in [7, 11) is 0. The van der Waals surface area contributed by atoms with Crippen molar-refractivity contribution < 1.29 is 9.66 Å². The summed E-state index contributed by atoms with van der Waals surface area (Å²) in [5, 5.41) is 10.8. The lowest BCUT2D eigenvalue weighted by Gasteiger charge is -2.22. The number of aromatic nitrogens is 1. The molecule has 1 saturated carbocycles. The van der Waals surface area contributed by atoms with Crippen LogP contribution in [0.4, 0.5) is 11.5 Å². The lowest BCUT2D eigenvalue weighted by Crippen LogP contribution is -2.20. The summed E-state index contributed by atoms with van der Waals surface area (Å²) in [4.78, 5) is 14.3. The highest BCUT2D eigenvalue weighted by Gasteiger charge is 2.18. The van der Waals surface area contributed by atoms with Gasteiger partial charge in [-0.2, -0.15) is 4.98 Å². The molecule has 0 spiro atoms. The first-order chi connectivity index (χ1) is 8.69. The van der Waals surface area contributed by atoms with Gasteiger partial charge in [0.2, 0.25) is 5.88 Å². The van der Waals surface area contributed by atoms with Gasteiger partial charge in [-0.15, -0.1) is 0 Å². The number of ether oxygens (including phenoxy) is 1. The molecule has 1 fully saturated rings. The standard InChI is InChI=1S/C11H16N4O3/c12-14-10-6-8(15(16)17)7-11(13-10)18-9-4-2-1-3-5-9/h6-7,9H,1-5,12H2,(H,13,14). The van der Waals surface area contributed by atoms with Crippen LogP contribution in [0, 0.1) is 10.1 Å². The number of nitro groups is 1. The van der Waals surface area contributed by atoms with Gasteiger partial charge in [-0.3, -0.25) is 10.1 Å². The number of hydrogen-bond acceptors (Lipinski definition) is 6. The van der Waals surface area contributed by atoms with Crippen LogP contribution in [-0.2, 0) is 0 Å². The normalized spacial score (nSPS) is 16.3. The zero-order valence-electron chi connectivity index (χ0n) is 9.96. The van der Waals surface area contributed by atoms with E-state index < -0.39 is 4.92 Å². The van der Waals surface area contributed by atoms with Crippen LogP contribution in [0.25, 0.3) is 0 Å². The SMILES string of the molecule is NNc1cc([N+](=O)[O-])cc(OC2CCCCC2)n1. The van der Waals surface area contributed by atoms with Gasteiger partial charge < -0.3 is 10.2 Å². The minimum atomic E-state index is -0.490. The molecule has 2 rings (SSSR count). The Hall–Kier alpha value is -1.89. The molecule has 7 nitrogen and oxygen atoms in total. The van der Waals surface area contributed by atoms with Crippen molar-refractivity contribution in [2.24, 2.45) is 5.84 Å². The second kappa shape index (κ2) is 5.63. The first kappa shape index (κ1) is 12.6. The maximum Gasteiger partial charge on any atom is 0.278 e.